The van der Waals surface area contributed by atoms with Gasteiger partial charge in [-0.25, -0.2) is 5.43 Å². The second kappa shape index (κ2) is 3.43. The summed E-state index contributed by atoms with van der Waals surface area (Å²) in [6.07, 6.45) is 2.56. The average Bonchev–Trinajstić information content (AvgIpc) is 3.08. The number of hydrogen-bond acceptors (Lipinski definition) is 2. The van der Waals surface area contributed by atoms with Gasteiger partial charge in [0.2, 0.25) is 0 Å². The minimum absolute atomic E-state index is 0.0626. The van der Waals surface area contributed by atoms with Gasteiger partial charge < -0.3 is 5.32 Å². The summed E-state index contributed by atoms with van der Waals surface area (Å²) >= 11 is 5.37. The fourth-order valence-corrected chi connectivity index (χ4v) is 2.56. The van der Waals surface area contributed by atoms with Crippen LogP contribution in [-0.4, -0.2) is 10.8 Å². The third-order valence-corrected chi connectivity index (χ3v) is 3.61. The minimum Gasteiger partial charge on any atom is -0.342 e. The zero-order valence-corrected chi connectivity index (χ0v) is 10.1. The summed E-state index contributed by atoms with van der Waals surface area (Å²) in [5.41, 5.74) is 4.50. The lowest BCUT2D eigenvalue weighted by molar-refractivity contribution is 0.325. The number of benzene rings is 1. The first-order valence-electron chi connectivity index (χ1n) is 5.64. The van der Waals surface area contributed by atoms with Crippen LogP contribution in [0.2, 0.25) is 0 Å². The Morgan fingerprint density at radius 1 is 1.31 bits per heavy atom. The Morgan fingerprint density at radius 2 is 2.00 bits per heavy atom. The van der Waals surface area contributed by atoms with Crippen LogP contribution in [0.25, 0.3) is 0 Å². The summed E-state index contributed by atoms with van der Waals surface area (Å²) in [6, 6.07) is 10.2. The first kappa shape index (κ1) is 10.1. The molecule has 3 nitrogen and oxygen atoms in total. The number of hydrogen-bond donors (Lipinski definition) is 2. The second-order valence-electron chi connectivity index (χ2n) is 4.69. The predicted octanol–water partition coefficient (Wildman–Crippen LogP) is 2.01. The van der Waals surface area contributed by atoms with Crippen molar-refractivity contribution in [1.29, 1.82) is 0 Å². The molecule has 1 aliphatic heterocycles. The number of hydrazine groups is 1. The van der Waals surface area contributed by atoms with Crippen LogP contribution in [0, 0.1) is 5.92 Å². The van der Waals surface area contributed by atoms with Crippen molar-refractivity contribution >= 4 is 23.0 Å². The molecular weight excluding hydrogens is 218 g/mol. The van der Waals surface area contributed by atoms with Crippen LogP contribution in [0.1, 0.15) is 19.8 Å². The first-order valence-corrected chi connectivity index (χ1v) is 6.05. The van der Waals surface area contributed by atoms with Gasteiger partial charge in [-0.2, -0.15) is 0 Å². The molecule has 1 aliphatic carbocycles. The van der Waals surface area contributed by atoms with E-state index in [2.05, 4.69) is 29.8 Å². The van der Waals surface area contributed by atoms with Gasteiger partial charge in [0.1, 0.15) is 5.66 Å². The highest BCUT2D eigenvalue weighted by Gasteiger charge is 2.47. The average molecular weight is 233 g/mol. The van der Waals surface area contributed by atoms with Crippen molar-refractivity contribution < 1.29 is 0 Å². The lowest BCUT2D eigenvalue weighted by atomic mass is 10.1. The molecule has 1 heterocycles. The summed E-state index contributed by atoms with van der Waals surface area (Å²) in [5.74, 6) is 0.694. The van der Waals surface area contributed by atoms with Crippen LogP contribution in [-0.2, 0) is 0 Å². The van der Waals surface area contributed by atoms with Crippen LogP contribution in [0.15, 0.2) is 30.3 Å². The third kappa shape index (κ3) is 1.58. The van der Waals surface area contributed by atoms with E-state index in [9.17, 15) is 0 Å². The molecule has 0 spiro atoms. The molecule has 16 heavy (non-hydrogen) atoms. The third-order valence-electron chi connectivity index (χ3n) is 3.32. The van der Waals surface area contributed by atoms with Gasteiger partial charge in [0, 0.05) is 0 Å². The number of thiocarbonyl (C=S) groups is 1. The molecule has 2 aliphatic rings. The maximum absolute atomic E-state index is 5.37. The molecule has 3 rings (SSSR count). The Hall–Kier alpha value is -1.13. The fourth-order valence-electron chi connectivity index (χ4n) is 2.20. The number of rotatable bonds is 2. The van der Waals surface area contributed by atoms with Crippen LogP contribution < -0.4 is 15.8 Å². The first-order chi connectivity index (χ1) is 7.69. The lowest BCUT2D eigenvalue weighted by Gasteiger charge is -2.25. The van der Waals surface area contributed by atoms with Crippen molar-refractivity contribution in [2.24, 2.45) is 5.92 Å². The van der Waals surface area contributed by atoms with Crippen LogP contribution in [0.5, 0.6) is 0 Å². The lowest BCUT2D eigenvalue weighted by Crippen LogP contribution is -2.50. The van der Waals surface area contributed by atoms with E-state index in [1.807, 2.05) is 23.2 Å². The Labute approximate surface area is 101 Å². The molecule has 1 atom stereocenters. The summed E-state index contributed by atoms with van der Waals surface area (Å²) in [5, 5.41) is 6.12. The van der Waals surface area contributed by atoms with Crippen LogP contribution >= 0.6 is 12.2 Å². The molecule has 0 amide bonds. The van der Waals surface area contributed by atoms with Gasteiger partial charge in [0.15, 0.2) is 5.11 Å². The van der Waals surface area contributed by atoms with Crippen molar-refractivity contribution in [3.63, 3.8) is 0 Å². The number of nitrogens with zero attached hydrogens (tertiary/aromatic N) is 1. The van der Waals surface area contributed by atoms with E-state index >= 15 is 0 Å². The number of nitrogens with one attached hydrogen (secondary N) is 2. The molecular formula is C12H15N3S. The van der Waals surface area contributed by atoms with E-state index in [0.29, 0.717) is 5.92 Å². The van der Waals surface area contributed by atoms with Gasteiger partial charge >= 0.3 is 0 Å². The molecule has 2 fully saturated rings. The molecule has 1 aromatic rings. The summed E-state index contributed by atoms with van der Waals surface area (Å²) in [6.45, 7) is 2.18. The van der Waals surface area contributed by atoms with Gasteiger partial charge in [-0.3, -0.25) is 5.01 Å². The van der Waals surface area contributed by atoms with Gasteiger partial charge in [-0.1, -0.05) is 18.2 Å². The molecule has 2 N–H and O–H groups in total. The molecule has 1 saturated carbocycles. The van der Waals surface area contributed by atoms with Gasteiger partial charge in [0.05, 0.1) is 5.69 Å². The normalized spacial score (nSPS) is 29.3. The topological polar surface area (TPSA) is 27.3 Å². The van der Waals surface area contributed by atoms with Gasteiger partial charge in [0.25, 0.3) is 0 Å². The predicted molar refractivity (Wildman–Crippen MR) is 68.9 cm³/mol. The maximum atomic E-state index is 5.37. The zero-order valence-electron chi connectivity index (χ0n) is 9.23. The summed E-state index contributed by atoms with van der Waals surface area (Å²) in [4.78, 5) is 0. The van der Waals surface area contributed by atoms with Crippen molar-refractivity contribution in [1.82, 2.24) is 10.7 Å². The van der Waals surface area contributed by atoms with E-state index < -0.39 is 0 Å². The highest BCUT2D eigenvalue weighted by Crippen LogP contribution is 2.40. The Kier molecular flexibility index (Phi) is 2.16. The van der Waals surface area contributed by atoms with Crippen molar-refractivity contribution in [2.45, 2.75) is 25.4 Å². The molecule has 84 valence electrons. The van der Waals surface area contributed by atoms with E-state index in [0.717, 1.165) is 10.8 Å². The van der Waals surface area contributed by atoms with Crippen molar-refractivity contribution in [3.05, 3.63) is 30.3 Å². The quantitative estimate of drug-likeness (QED) is 0.764. The molecule has 0 aromatic heterocycles. The second-order valence-corrected chi connectivity index (χ2v) is 5.08. The monoisotopic (exact) mass is 233 g/mol. The molecule has 1 saturated heterocycles. The maximum Gasteiger partial charge on any atom is 0.189 e. The van der Waals surface area contributed by atoms with Crippen molar-refractivity contribution in [2.75, 3.05) is 5.01 Å². The number of anilines is 1. The standard InChI is InChI=1S/C12H15N3S/c1-12(9-7-8-9)13-11(16)15(14-12)10-5-3-2-4-6-10/h2-6,9,14H,7-8H2,1H3,(H,13,16)/t12-/m0/s1. The minimum atomic E-state index is -0.0626. The highest BCUT2D eigenvalue weighted by molar-refractivity contribution is 7.80. The summed E-state index contributed by atoms with van der Waals surface area (Å²) < 4.78 is 0. The summed E-state index contributed by atoms with van der Waals surface area (Å²) in [7, 11) is 0. The molecule has 0 bridgehead atoms. The Bertz CT molecular complexity index is 416. The molecule has 1 aromatic carbocycles. The molecule has 4 heteroatoms. The van der Waals surface area contributed by atoms with Crippen molar-refractivity contribution in [3.8, 4) is 0 Å². The number of para-hydroxylation sites is 1. The van der Waals surface area contributed by atoms with Gasteiger partial charge in [-0.15, -0.1) is 0 Å². The van der Waals surface area contributed by atoms with Crippen LogP contribution in [0.4, 0.5) is 5.69 Å². The Morgan fingerprint density at radius 3 is 2.62 bits per heavy atom. The largest absolute Gasteiger partial charge is 0.342 e. The van der Waals surface area contributed by atoms with Gasteiger partial charge in [-0.05, 0) is 50.0 Å². The van der Waals surface area contributed by atoms with E-state index in [1.165, 1.54) is 12.8 Å². The highest BCUT2D eigenvalue weighted by atomic mass is 32.1. The van der Waals surface area contributed by atoms with E-state index in [4.69, 9.17) is 12.2 Å². The fraction of sp³-hybridized carbons (Fsp3) is 0.417. The zero-order chi connectivity index (χ0) is 11.2. The Balaban J connectivity index is 1.85. The smallest absolute Gasteiger partial charge is 0.189 e. The van der Waals surface area contributed by atoms with E-state index in [1.54, 1.807) is 0 Å². The van der Waals surface area contributed by atoms with Crippen LogP contribution in [0.3, 0.4) is 0 Å². The van der Waals surface area contributed by atoms with E-state index in [-0.39, 0.29) is 5.66 Å². The molecule has 0 radical (unpaired) electrons. The SMILES string of the molecule is C[C@]1(C2CC2)NC(=S)N(c2ccccc2)N1. The molecule has 0 unspecified atom stereocenters.